The van der Waals surface area contributed by atoms with Crippen LogP contribution in [0.25, 0.3) is 0 Å². The lowest BCUT2D eigenvalue weighted by Gasteiger charge is -2.33. The summed E-state index contributed by atoms with van der Waals surface area (Å²) in [5.41, 5.74) is 1.97. The Morgan fingerprint density at radius 3 is 2.63 bits per heavy atom. The highest BCUT2D eigenvalue weighted by Crippen LogP contribution is 2.32. The van der Waals surface area contributed by atoms with Crippen molar-refractivity contribution in [2.24, 2.45) is 0 Å². The van der Waals surface area contributed by atoms with E-state index in [0.717, 1.165) is 80.9 Å². The van der Waals surface area contributed by atoms with Crippen LogP contribution in [-0.2, 0) is 23.0 Å². The van der Waals surface area contributed by atoms with Gasteiger partial charge in [0.1, 0.15) is 11.6 Å². The first-order valence-electron chi connectivity index (χ1n) is 10.4. The van der Waals surface area contributed by atoms with Crippen LogP contribution in [0.2, 0.25) is 0 Å². The maximum Gasteiger partial charge on any atom is 0.217 e. The van der Waals surface area contributed by atoms with E-state index in [1.54, 1.807) is 4.31 Å². The summed E-state index contributed by atoms with van der Waals surface area (Å²) >= 11 is 0. The Morgan fingerprint density at radius 1 is 1.11 bits per heavy atom. The Balaban J connectivity index is 1.60. The second-order valence-corrected chi connectivity index (χ2v) is 10.3. The molecule has 8 heteroatoms. The van der Waals surface area contributed by atoms with Crippen molar-refractivity contribution in [3.63, 3.8) is 0 Å². The van der Waals surface area contributed by atoms with Crippen molar-refractivity contribution in [1.29, 1.82) is 0 Å². The molecule has 1 saturated heterocycles. The molecule has 2 aliphatic heterocycles. The van der Waals surface area contributed by atoms with E-state index in [2.05, 4.69) is 10.6 Å². The second kappa shape index (κ2) is 8.01. The second-order valence-electron chi connectivity index (χ2n) is 8.04. The van der Waals surface area contributed by atoms with Gasteiger partial charge in [-0.05, 0) is 38.6 Å². The van der Waals surface area contributed by atoms with Gasteiger partial charge in [0.05, 0.1) is 17.5 Å². The van der Waals surface area contributed by atoms with E-state index in [0.29, 0.717) is 25.4 Å². The first-order valence-corrected chi connectivity index (χ1v) is 11.9. The number of fused-ring (bicyclic) bond motifs is 1. The fourth-order valence-corrected chi connectivity index (χ4v) is 6.68. The van der Waals surface area contributed by atoms with E-state index >= 15 is 0 Å². The van der Waals surface area contributed by atoms with Gasteiger partial charge in [0, 0.05) is 31.6 Å². The molecule has 0 radical (unpaired) electrons. The minimum atomic E-state index is -3.24. The Bertz CT molecular complexity index is 771. The molecule has 0 aromatic carbocycles. The standard InChI is InChI=1S/C19H31N5O2S/c1-20-19-16-9-11-24(27(25,26)15-7-3-2-4-8-15)13-17(16)22-18(23-19)14-6-5-10-21-12-14/h14-15,21H,2-13H2,1H3,(H,20,22,23). The normalized spacial score (nSPS) is 25.1. The predicted octanol–water partition coefficient (Wildman–Crippen LogP) is 2.01. The molecule has 1 atom stereocenters. The fourth-order valence-electron chi connectivity index (χ4n) is 4.68. The third-order valence-corrected chi connectivity index (χ3v) is 8.62. The zero-order chi connectivity index (χ0) is 18.9. The molecule has 27 heavy (non-hydrogen) atoms. The summed E-state index contributed by atoms with van der Waals surface area (Å²) in [5.74, 6) is 2.03. The van der Waals surface area contributed by atoms with E-state index in [4.69, 9.17) is 9.97 Å². The molecule has 2 fully saturated rings. The number of nitrogens with zero attached hydrogens (tertiary/aromatic N) is 3. The maximum atomic E-state index is 13.1. The van der Waals surface area contributed by atoms with Crippen LogP contribution in [0.15, 0.2) is 0 Å². The first-order chi connectivity index (χ1) is 13.1. The van der Waals surface area contributed by atoms with Crippen molar-refractivity contribution < 1.29 is 8.42 Å². The molecule has 0 amide bonds. The number of piperidine rings is 1. The highest BCUT2D eigenvalue weighted by Gasteiger charge is 2.36. The van der Waals surface area contributed by atoms with Crippen molar-refractivity contribution in [3.8, 4) is 0 Å². The molecule has 150 valence electrons. The van der Waals surface area contributed by atoms with Gasteiger partial charge in [-0.2, -0.15) is 4.31 Å². The smallest absolute Gasteiger partial charge is 0.217 e. The van der Waals surface area contributed by atoms with E-state index in [1.165, 1.54) is 0 Å². The molecular weight excluding hydrogens is 362 g/mol. The van der Waals surface area contributed by atoms with Gasteiger partial charge in [0.2, 0.25) is 10.0 Å². The van der Waals surface area contributed by atoms with Crippen LogP contribution in [0.5, 0.6) is 0 Å². The summed E-state index contributed by atoms with van der Waals surface area (Å²) in [4.78, 5) is 9.63. The molecule has 1 unspecified atom stereocenters. The van der Waals surface area contributed by atoms with Crippen molar-refractivity contribution in [2.75, 3.05) is 32.0 Å². The van der Waals surface area contributed by atoms with Crippen LogP contribution in [0.4, 0.5) is 5.82 Å². The van der Waals surface area contributed by atoms with E-state index in [9.17, 15) is 8.42 Å². The van der Waals surface area contributed by atoms with E-state index < -0.39 is 10.0 Å². The van der Waals surface area contributed by atoms with Crippen molar-refractivity contribution in [3.05, 3.63) is 17.1 Å². The molecule has 3 aliphatic rings. The lowest BCUT2D eigenvalue weighted by molar-refractivity contribution is 0.363. The number of aromatic nitrogens is 2. The van der Waals surface area contributed by atoms with Crippen LogP contribution in [-0.4, -0.2) is 54.6 Å². The largest absolute Gasteiger partial charge is 0.373 e. The first kappa shape index (κ1) is 19.1. The zero-order valence-electron chi connectivity index (χ0n) is 16.2. The Morgan fingerprint density at radius 2 is 1.93 bits per heavy atom. The molecular formula is C19H31N5O2S. The number of nitrogens with one attached hydrogen (secondary N) is 2. The van der Waals surface area contributed by atoms with Crippen LogP contribution >= 0.6 is 0 Å². The highest BCUT2D eigenvalue weighted by molar-refractivity contribution is 7.89. The highest BCUT2D eigenvalue weighted by atomic mass is 32.2. The Hall–Kier alpha value is -1.25. The summed E-state index contributed by atoms with van der Waals surface area (Å²) in [5, 5.41) is 6.42. The Labute approximate surface area is 162 Å². The SMILES string of the molecule is CNc1nc(C2CCCNC2)nc2c1CCN(S(=O)(=O)C1CCCCC1)C2. The van der Waals surface area contributed by atoms with Gasteiger partial charge in [-0.3, -0.25) is 0 Å². The fraction of sp³-hybridized carbons (Fsp3) is 0.789. The molecule has 1 aromatic rings. The number of rotatable bonds is 4. The van der Waals surface area contributed by atoms with Crippen molar-refractivity contribution in [1.82, 2.24) is 19.6 Å². The van der Waals surface area contributed by atoms with Crippen LogP contribution < -0.4 is 10.6 Å². The van der Waals surface area contributed by atoms with E-state index in [1.807, 2.05) is 7.05 Å². The monoisotopic (exact) mass is 393 g/mol. The average Bonchev–Trinajstić information content (AvgIpc) is 2.73. The summed E-state index contributed by atoms with van der Waals surface area (Å²) in [7, 11) is -1.36. The third-order valence-electron chi connectivity index (χ3n) is 6.28. The molecule has 2 N–H and O–H groups in total. The van der Waals surface area contributed by atoms with Crippen LogP contribution in [0, 0.1) is 0 Å². The topological polar surface area (TPSA) is 87.2 Å². The summed E-state index contributed by atoms with van der Waals surface area (Å²) in [6.07, 6.45) is 7.71. The number of sulfonamides is 1. The van der Waals surface area contributed by atoms with Gasteiger partial charge in [0.25, 0.3) is 0 Å². The molecule has 1 aromatic heterocycles. The Kier molecular flexibility index (Phi) is 5.66. The molecule has 1 aliphatic carbocycles. The molecule has 0 spiro atoms. The summed E-state index contributed by atoms with van der Waals surface area (Å²) in [6, 6.07) is 0. The molecule has 3 heterocycles. The van der Waals surface area contributed by atoms with Crippen LogP contribution in [0.1, 0.15) is 67.9 Å². The van der Waals surface area contributed by atoms with Crippen LogP contribution in [0.3, 0.4) is 0 Å². The number of hydrogen-bond donors (Lipinski definition) is 2. The lowest BCUT2D eigenvalue weighted by Crippen LogP contribution is -2.43. The van der Waals surface area contributed by atoms with Gasteiger partial charge >= 0.3 is 0 Å². The third kappa shape index (κ3) is 3.84. The number of hydrogen-bond acceptors (Lipinski definition) is 6. The minimum absolute atomic E-state index is 0.208. The van der Waals surface area contributed by atoms with Gasteiger partial charge in [0.15, 0.2) is 0 Å². The molecule has 0 bridgehead atoms. The summed E-state index contributed by atoms with van der Waals surface area (Å²) in [6.45, 7) is 2.87. The molecule has 1 saturated carbocycles. The predicted molar refractivity (Wildman–Crippen MR) is 106 cm³/mol. The van der Waals surface area contributed by atoms with Gasteiger partial charge < -0.3 is 10.6 Å². The van der Waals surface area contributed by atoms with Gasteiger partial charge in [-0.15, -0.1) is 0 Å². The minimum Gasteiger partial charge on any atom is -0.373 e. The van der Waals surface area contributed by atoms with E-state index in [-0.39, 0.29) is 5.25 Å². The quantitative estimate of drug-likeness (QED) is 0.814. The summed E-state index contributed by atoms with van der Waals surface area (Å²) < 4.78 is 28.0. The van der Waals surface area contributed by atoms with Crippen molar-refractivity contribution >= 4 is 15.8 Å². The lowest BCUT2D eigenvalue weighted by atomic mass is 9.98. The van der Waals surface area contributed by atoms with Crippen molar-refractivity contribution in [2.45, 2.75) is 69.1 Å². The zero-order valence-corrected chi connectivity index (χ0v) is 17.0. The maximum absolute atomic E-state index is 13.1. The van der Waals surface area contributed by atoms with Gasteiger partial charge in [-0.1, -0.05) is 19.3 Å². The number of anilines is 1. The van der Waals surface area contributed by atoms with Gasteiger partial charge in [-0.25, -0.2) is 18.4 Å². The molecule has 7 nitrogen and oxygen atoms in total. The average molecular weight is 394 g/mol. The molecule has 4 rings (SSSR count).